The molecule has 0 unspecified atom stereocenters. The Balaban J connectivity index is 1.87. The van der Waals surface area contributed by atoms with Crippen LogP contribution in [0.4, 0.5) is 0 Å². The Hall–Kier alpha value is -3.14. The maximum Gasteiger partial charge on any atom is 0.198 e. The largest absolute Gasteiger partial charge is 0.445 e. The Kier molecular flexibility index (Phi) is 4.65. The summed E-state index contributed by atoms with van der Waals surface area (Å²) in [6.45, 7) is 6.06. The van der Waals surface area contributed by atoms with Crippen molar-refractivity contribution < 1.29 is 14.3 Å². The molecule has 2 N–H and O–H groups in total. The lowest BCUT2D eigenvalue weighted by atomic mass is 9.69. The van der Waals surface area contributed by atoms with E-state index in [1.807, 2.05) is 63.2 Å². The van der Waals surface area contributed by atoms with E-state index in [0.717, 1.165) is 11.1 Å². The van der Waals surface area contributed by atoms with Crippen molar-refractivity contribution in [3.8, 4) is 0 Å². The number of hydrogen-bond donors (Lipinski definition) is 1. The van der Waals surface area contributed by atoms with Gasteiger partial charge in [-0.2, -0.15) is 0 Å². The molecule has 148 valence electrons. The first-order valence-electron chi connectivity index (χ1n) is 9.87. The third-order valence-corrected chi connectivity index (χ3v) is 5.65. The number of Topliss-reactive ketones (excluding diaryl/α,β-unsaturated/α-hetero) is 2. The van der Waals surface area contributed by atoms with Crippen molar-refractivity contribution in [1.82, 2.24) is 0 Å². The van der Waals surface area contributed by atoms with E-state index in [4.69, 9.17) is 10.5 Å². The summed E-state index contributed by atoms with van der Waals surface area (Å²) in [6, 6.07) is 17.0. The van der Waals surface area contributed by atoms with E-state index in [-0.39, 0.29) is 22.9 Å². The van der Waals surface area contributed by atoms with Crippen molar-refractivity contribution in [1.29, 1.82) is 0 Å². The summed E-state index contributed by atoms with van der Waals surface area (Å²) in [7, 11) is 0. The minimum Gasteiger partial charge on any atom is -0.445 e. The van der Waals surface area contributed by atoms with Crippen molar-refractivity contribution in [2.24, 2.45) is 11.1 Å². The van der Waals surface area contributed by atoms with Crippen molar-refractivity contribution in [3.05, 3.63) is 94.1 Å². The first kappa shape index (κ1) is 19.2. The average Bonchev–Trinajstić information content (AvgIpc) is 2.66. The second-order valence-electron chi connectivity index (χ2n) is 8.70. The summed E-state index contributed by atoms with van der Waals surface area (Å²) in [5, 5.41) is 0. The molecule has 4 nitrogen and oxygen atoms in total. The van der Waals surface area contributed by atoms with Crippen LogP contribution in [0.25, 0.3) is 0 Å². The molecular formula is C25H25NO3. The number of carbonyl (C=O) groups excluding carboxylic acids is 2. The summed E-state index contributed by atoms with van der Waals surface area (Å²) in [5.74, 6) is -0.0172. The number of benzene rings is 2. The highest BCUT2D eigenvalue weighted by Gasteiger charge is 2.44. The van der Waals surface area contributed by atoms with Crippen LogP contribution in [-0.4, -0.2) is 11.6 Å². The van der Waals surface area contributed by atoms with Crippen molar-refractivity contribution in [2.75, 3.05) is 0 Å². The zero-order chi connectivity index (χ0) is 20.8. The molecule has 0 bridgehead atoms. The SMILES string of the molecule is Cc1ccc(C(=O)C2=C(N)OC3=C(C(=O)CC(C)(C)C3)[C@@H]2c2ccccc2)cc1. The zero-order valence-electron chi connectivity index (χ0n) is 17.0. The number of aryl methyl sites for hydroxylation is 1. The van der Waals surface area contributed by atoms with E-state index in [1.165, 1.54) is 0 Å². The number of ketones is 2. The third kappa shape index (κ3) is 3.51. The van der Waals surface area contributed by atoms with Crippen molar-refractivity contribution in [2.45, 2.75) is 39.5 Å². The summed E-state index contributed by atoms with van der Waals surface area (Å²) in [6.07, 6.45) is 1.04. The van der Waals surface area contributed by atoms with Gasteiger partial charge in [0.05, 0.1) is 11.5 Å². The molecule has 0 spiro atoms. The molecule has 0 amide bonds. The summed E-state index contributed by atoms with van der Waals surface area (Å²) in [4.78, 5) is 26.6. The number of carbonyl (C=O) groups is 2. The number of nitrogens with two attached hydrogens (primary N) is 1. The van der Waals surface area contributed by atoms with E-state index in [1.54, 1.807) is 12.1 Å². The van der Waals surface area contributed by atoms with Gasteiger partial charge < -0.3 is 10.5 Å². The van der Waals surface area contributed by atoms with Gasteiger partial charge in [-0.25, -0.2) is 0 Å². The van der Waals surface area contributed by atoms with Crippen molar-refractivity contribution >= 4 is 11.6 Å². The van der Waals surface area contributed by atoms with Gasteiger partial charge in [-0.3, -0.25) is 9.59 Å². The number of allylic oxidation sites excluding steroid dienone is 3. The minimum absolute atomic E-state index is 0.0202. The van der Waals surface area contributed by atoms with Crippen LogP contribution in [0.2, 0.25) is 0 Å². The van der Waals surface area contributed by atoms with E-state index >= 15 is 0 Å². The molecule has 0 fully saturated rings. The molecule has 1 heterocycles. The van der Waals surface area contributed by atoms with E-state index in [0.29, 0.717) is 35.3 Å². The fraction of sp³-hybridized carbons (Fsp3) is 0.280. The molecule has 1 aliphatic heterocycles. The lowest BCUT2D eigenvalue weighted by molar-refractivity contribution is -0.119. The lowest BCUT2D eigenvalue weighted by Gasteiger charge is -2.38. The van der Waals surface area contributed by atoms with Gasteiger partial charge in [0.25, 0.3) is 0 Å². The number of ether oxygens (including phenoxy) is 1. The Labute approximate surface area is 171 Å². The molecule has 0 radical (unpaired) electrons. The highest BCUT2D eigenvalue weighted by Crippen LogP contribution is 2.48. The highest BCUT2D eigenvalue weighted by molar-refractivity contribution is 6.13. The molecule has 1 atom stereocenters. The lowest BCUT2D eigenvalue weighted by Crippen LogP contribution is -2.35. The van der Waals surface area contributed by atoms with Gasteiger partial charge in [-0.15, -0.1) is 0 Å². The smallest absolute Gasteiger partial charge is 0.198 e. The van der Waals surface area contributed by atoms with Crippen LogP contribution >= 0.6 is 0 Å². The van der Waals surface area contributed by atoms with Crippen LogP contribution in [0.1, 0.15) is 54.1 Å². The maximum atomic E-state index is 13.5. The van der Waals surface area contributed by atoms with Crippen LogP contribution in [0.3, 0.4) is 0 Å². The fourth-order valence-electron chi connectivity index (χ4n) is 4.25. The summed E-state index contributed by atoms with van der Waals surface area (Å²) in [5.41, 5.74) is 9.49. The highest BCUT2D eigenvalue weighted by atomic mass is 16.5. The normalized spacial score (nSPS) is 20.9. The van der Waals surface area contributed by atoms with Gasteiger partial charge in [0.2, 0.25) is 0 Å². The van der Waals surface area contributed by atoms with Gasteiger partial charge >= 0.3 is 0 Å². The first-order valence-corrected chi connectivity index (χ1v) is 9.87. The van der Waals surface area contributed by atoms with Crippen LogP contribution in [0.15, 0.2) is 77.4 Å². The Morgan fingerprint density at radius 1 is 1.03 bits per heavy atom. The Morgan fingerprint density at radius 2 is 1.69 bits per heavy atom. The van der Waals surface area contributed by atoms with Gasteiger partial charge in [0, 0.05) is 24.0 Å². The zero-order valence-corrected chi connectivity index (χ0v) is 17.0. The maximum absolute atomic E-state index is 13.5. The molecule has 2 aromatic rings. The molecule has 4 heteroatoms. The van der Waals surface area contributed by atoms with E-state index in [2.05, 4.69) is 0 Å². The average molecular weight is 387 g/mol. The molecule has 1 aliphatic carbocycles. The topological polar surface area (TPSA) is 69.4 Å². The van der Waals surface area contributed by atoms with Gasteiger partial charge in [-0.05, 0) is 17.9 Å². The predicted molar refractivity (Wildman–Crippen MR) is 112 cm³/mol. The molecule has 2 aromatic carbocycles. The fourth-order valence-corrected chi connectivity index (χ4v) is 4.25. The Morgan fingerprint density at radius 3 is 2.34 bits per heavy atom. The monoisotopic (exact) mass is 387 g/mol. The second kappa shape index (κ2) is 7.03. The number of rotatable bonds is 3. The molecule has 0 saturated carbocycles. The van der Waals surface area contributed by atoms with Crippen LogP contribution < -0.4 is 5.73 Å². The predicted octanol–water partition coefficient (Wildman–Crippen LogP) is 4.81. The van der Waals surface area contributed by atoms with E-state index < -0.39 is 5.92 Å². The molecule has 0 aromatic heterocycles. The molecule has 0 saturated heterocycles. The van der Waals surface area contributed by atoms with Gasteiger partial charge in [-0.1, -0.05) is 74.0 Å². The first-order chi connectivity index (χ1) is 13.8. The van der Waals surface area contributed by atoms with Crippen LogP contribution in [0.5, 0.6) is 0 Å². The van der Waals surface area contributed by atoms with Crippen molar-refractivity contribution in [3.63, 3.8) is 0 Å². The second-order valence-corrected chi connectivity index (χ2v) is 8.70. The van der Waals surface area contributed by atoms with Gasteiger partial charge in [0.1, 0.15) is 5.76 Å². The Bertz CT molecular complexity index is 1040. The standard InChI is InChI=1S/C25H25NO3/c1-15-9-11-17(12-10-15)23(28)22-20(16-7-5-4-6-8-16)21-18(27)13-25(2,3)14-19(21)29-24(22)26/h4-12,20H,13-14,26H2,1-3H3/t20-/m0/s1. The quantitative estimate of drug-likeness (QED) is 0.768. The van der Waals surface area contributed by atoms with Gasteiger partial charge in [0.15, 0.2) is 17.4 Å². The summed E-state index contributed by atoms with van der Waals surface area (Å²) >= 11 is 0. The van der Waals surface area contributed by atoms with E-state index in [9.17, 15) is 9.59 Å². The number of hydrogen-bond acceptors (Lipinski definition) is 4. The molecule has 4 rings (SSSR count). The summed E-state index contributed by atoms with van der Waals surface area (Å²) < 4.78 is 5.92. The molecule has 29 heavy (non-hydrogen) atoms. The molecule has 2 aliphatic rings. The molecular weight excluding hydrogens is 362 g/mol. The van der Waals surface area contributed by atoms with Crippen LogP contribution in [-0.2, 0) is 9.53 Å². The minimum atomic E-state index is -0.516. The third-order valence-electron chi connectivity index (χ3n) is 5.65. The van der Waals surface area contributed by atoms with Crippen LogP contribution in [0, 0.1) is 12.3 Å².